The molecule has 150 valence electrons. The third-order valence-electron chi connectivity index (χ3n) is 5.75. The topological polar surface area (TPSA) is 91.3 Å². The highest BCUT2D eigenvalue weighted by molar-refractivity contribution is 7.86. The van der Waals surface area contributed by atoms with Crippen LogP contribution in [0.15, 0.2) is 29.2 Å². The van der Waals surface area contributed by atoms with Gasteiger partial charge in [0.2, 0.25) is 0 Å². The number of hydrogen-bond acceptors (Lipinski definition) is 7. The van der Waals surface area contributed by atoms with Gasteiger partial charge in [-0.1, -0.05) is 24.1 Å². The van der Waals surface area contributed by atoms with Crippen LogP contribution in [0.3, 0.4) is 0 Å². The average Bonchev–Trinajstić information content (AvgIpc) is 3.17. The van der Waals surface area contributed by atoms with Crippen LogP contribution in [0.2, 0.25) is 0 Å². The summed E-state index contributed by atoms with van der Waals surface area (Å²) in [4.78, 5) is 0.0723. The maximum absolute atomic E-state index is 12.5. The van der Waals surface area contributed by atoms with Crippen LogP contribution in [0.5, 0.6) is 0 Å². The summed E-state index contributed by atoms with van der Waals surface area (Å²) >= 11 is 0. The van der Waals surface area contributed by atoms with E-state index in [9.17, 15) is 13.5 Å². The van der Waals surface area contributed by atoms with Gasteiger partial charge in [0.25, 0.3) is 10.1 Å². The van der Waals surface area contributed by atoms with E-state index in [1.54, 1.807) is 12.1 Å². The number of aryl methyl sites for hydroxylation is 1. The molecule has 1 saturated carbocycles. The molecule has 0 radical (unpaired) electrons. The first-order chi connectivity index (χ1) is 12.9. The van der Waals surface area contributed by atoms with E-state index in [0.29, 0.717) is 0 Å². The van der Waals surface area contributed by atoms with Crippen LogP contribution in [-0.4, -0.2) is 56.9 Å². The van der Waals surface area contributed by atoms with Crippen molar-refractivity contribution in [3.8, 4) is 0 Å². The first-order valence-corrected chi connectivity index (χ1v) is 10.9. The van der Waals surface area contributed by atoms with E-state index in [4.69, 9.17) is 18.4 Å². The van der Waals surface area contributed by atoms with Crippen molar-refractivity contribution in [1.82, 2.24) is 0 Å². The Hall–Kier alpha value is -1.03. The third-order valence-corrected chi connectivity index (χ3v) is 7.03. The summed E-state index contributed by atoms with van der Waals surface area (Å²) in [6.07, 6.45) is 3.97. The lowest BCUT2D eigenvalue weighted by atomic mass is 9.94. The Morgan fingerprint density at radius 2 is 1.85 bits per heavy atom. The highest BCUT2D eigenvalue weighted by Crippen LogP contribution is 2.47. The van der Waals surface area contributed by atoms with Crippen LogP contribution < -0.4 is 0 Å². The molecule has 2 saturated heterocycles. The summed E-state index contributed by atoms with van der Waals surface area (Å²) < 4.78 is 48.4. The van der Waals surface area contributed by atoms with Crippen molar-refractivity contribution in [2.24, 2.45) is 0 Å². The maximum Gasteiger partial charge on any atom is 0.297 e. The van der Waals surface area contributed by atoms with Crippen molar-refractivity contribution in [2.75, 3.05) is 19.8 Å². The fourth-order valence-corrected chi connectivity index (χ4v) is 5.11. The Morgan fingerprint density at radius 3 is 2.52 bits per heavy atom. The van der Waals surface area contributed by atoms with Gasteiger partial charge in [0, 0.05) is 12.8 Å². The zero-order chi connectivity index (χ0) is 19.1. The van der Waals surface area contributed by atoms with Crippen LogP contribution in [0, 0.1) is 6.92 Å². The third kappa shape index (κ3) is 3.54. The van der Waals surface area contributed by atoms with E-state index in [2.05, 4.69) is 0 Å². The highest BCUT2D eigenvalue weighted by Gasteiger charge is 2.61. The van der Waals surface area contributed by atoms with Crippen molar-refractivity contribution in [3.63, 3.8) is 0 Å². The van der Waals surface area contributed by atoms with Gasteiger partial charge >= 0.3 is 0 Å². The molecule has 0 amide bonds. The van der Waals surface area contributed by atoms with Crippen molar-refractivity contribution in [1.29, 1.82) is 0 Å². The van der Waals surface area contributed by atoms with Gasteiger partial charge in [0.15, 0.2) is 5.79 Å². The Kier molecular flexibility index (Phi) is 5.07. The second-order valence-electron chi connectivity index (χ2n) is 7.73. The van der Waals surface area contributed by atoms with Gasteiger partial charge in [0.1, 0.15) is 24.4 Å². The van der Waals surface area contributed by atoms with Crippen molar-refractivity contribution in [3.05, 3.63) is 29.8 Å². The van der Waals surface area contributed by atoms with Gasteiger partial charge in [-0.2, -0.15) is 8.42 Å². The molecule has 27 heavy (non-hydrogen) atoms. The minimum absolute atomic E-state index is 0.0723. The highest BCUT2D eigenvalue weighted by atomic mass is 32.2. The smallest absolute Gasteiger partial charge is 0.297 e. The number of aliphatic hydroxyl groups excluding tert-OH is 1. The molecule has 7 nitrogen and oxygen atoms in total. The Morgan fingerprint density at radius 1 is 1.15 bits per heavy atom. The summed E-state index contributed by atoms with van der Waals surface area (Å²) in [6.45, 7) is 1.40. The standard InChI is InChI=1S/C19H26O7S/c1-14-5-7-15(8-6-14)27(21,22)24-13-18(12-20)17-16(11-23-18)25-19(26-17)9-3-2-4-10-19/h5-8,16-17,20H,2-4,9-13H2,1H3/t16-,17?,18+/m1/s1. The fraction of sp³-hybridized carbons (Fsp3) is 0.684. The molecule has 4 rings (SSSR count). The molecule has 3 fully saturated rings. The number of rotatable bonds is 5. The zero-order valence-corrected chi connectivity index (χ0v) is 16.2. The van der Waals surface area contributed by atoms with Crippen molar-refractivity contribution >= 4 is 10.1 Å². The van der Waals surface area contributed by atoms with Gasteiger partial charge in [-0.15, -0.1) is 0 Å². The van der Waals surface area contributed by atoms with Crippen molar-refractivity contribution in [2.45, 2.75) is 67.5 Å². The van der Waals surface area contributed by atoms with E-state index in [-0.39, 0.29) is 24.2 Å². The van der Waals surface area contributed by atoms with Gasteiger partial charge in [-0.25, -0.2) is 0 Å². The molecule has 3 aliphatic rings. The molecule has 1 aromatic rings. The lowest BCUT2D eigenvalue weighted by Gasteiger charge is -2.36. The summed E-state index contributed by atoms with van der Waals surface area (Å²) in [5.74, 6) is -0.631. The zero-order valence-electron chi connectivity index (χ0n) is 15.4. The van der Waals surface area contributed by atoms with Crippen LogP contribution in [0.1, 0.15) is 37.7 Å². The minimum Gasteiger partial charge on any atom is -0.393 e. The lowest BCUT2D eigenvalue weighted by Crippen LogP contribution is -2.51. The molecule has 3 atom stereocenters. The quantitative estimate of drug-likeness (QED) is 0.758. The average molecular weight is 398 g/mol. The molecule has 1 aromatic carbocycles. The number of fused-ring (bicyclic) bond motifs is 1. The van der Waals surface area contributed by atoms with E-state index in [0.717, 1.165) is 37.7 Å². The number of benzene rings is 1. The monoisotopic (exact) mass is 398 g/mol. The van der Waals surface area contributed by atoms with E-state index in [1.807, 2.05) is 6.92 Å². The van der Waals surface area contributed by atoms with Crippen LogP contribution in [0.25, 0.3) is 0 Å². The SMILES string of the molecule is Cc1ccc(S(=O)(=O)OC[C@]2(CO)OC[C@H]3OC4(CCCCC4)OC32)cc1. The van der Waals surface area contributed by atoms with E-state index < -0.39 is 34.2 Å². The summed E-state index contributed by atoms with van der Waals surface area (Å²) in [6, 6.07) is 6.42. The molecule has 2 aliphatic heterocycles. The molecule has 1 unspecified atom stereocenters. The largest absolute Gasteiger partial charge is 0.393 e. The molecule has 1 spiro atoms. The summed E-state index contributed by atoms with van der Waals surface area (Å²) in [5, 5.41) is 10.0. The molecule has 8 heteroatoms. The summed E-state index contributed by atoms with van der Waals surface area (Å²) in [5.41, 5.74) is -0.291. The molecule has 1 N–H and O–H groups in total. The first-order valence-electron chi connectivity index (χ1n) is 9.45. The van der Waals surface area contributed by atoms with Crippen LogP contribution in [0.4, 0.5) is 0 Å². The minimum atomic E-state index is -3.96. The van der Waals surface area contributed by atoms with Gasteiger partial charge in [0.05, 0.1) is 18.1 Å². The lowest BCUT2D eigenvalue weighted by molar-refractivity contribution is -0.236. The molecule has 2 heterocycles. The van der Waals surface area contributed by atoms with Gasteiger partial charge in [-0.05, 0) is 31.9 Å². The van der Waals surface area contributed by atoms with Crippen LogP contribution in [-0.2, 0) is 28.5 Å². The second-order valence-corrected chi connectivity index (χ2v) is 9.34. The number of hydrogen-bond donors (Lipinski definition) is 1. The predicted molar refractivity (Wildman–Crippen MR) is 95.6 cm³/mol. The predicted octanol–water partition coefficient (Wildman–Crippen LogP) is 1.91. The molecule has 1 aliphatic carbocycles. The number of aliphatic hydroxyl groups is 1. The van der Waals surface area contributed by atoms with E-state index in [1.165, 1.54) is 12.1 Å². The van der Waals surface area contributed by atoms with Crippen LogP contribution >= 0.6 is 0 Å². The second kappa shape index (κ2) is 7.09. The van der Waals surface area contributed by atoms with Gasteiger partial charge < -0.3 is 19.3 Å². The van der Waals surface area contributed by atoms with Crippen molar-refractivity contribution < 1.29 is 31.9 Å². The number of ether oxygens (including phenoxy) is 3. The molecular formula is C19H26O7S. The fourth-order valence-electron chi connectivity index (χ4n) is 4.15. The molecular weight excluding hydrogens is 372 g/mol. The normalized spacial score (nSPS) is 32.7. The van der Waals surface area contributed by atoms with Gasteiger partial charge in [-0.3, -0.25) is 4.18 Å². The molecule has 0 bridgehead atoms. The first kappa shape index (κ1) is 19.3. The molecule has 0 aromatic heterocycles. The Labute approximate surface area is 159 Å². The summed E-state index contributed by atoms with van der Waals surface area (Å²) in [7, 11) is -3.96. The Balaban J connectivity index is 1.49. The van der Waals surface area contributed by atoms with E-state index >= 15 is 0 Å². The Bertz CT molecular complexity index is 770. The maximum atomic E-state index is 12.5.